The van der Waals surface area contributed by atoms with Crippen molar-refractivity contribution in [3.05, 3.63) is 59.7 Å². The molecule has 1 N–H and O–H groups in total. The van der Waals surface area contributed by atoms with E-state index in [1.54, 1.807) is 7.11 Å². The van der Waals surface area contributed by atoms with Gasteiger partial charge >= 0.3 is 0 Å². The fraction of sp³-hybridized carbons (Fsp3) is 0.348. The van der Waals surface area contributed by atoms with E-state index in [1.165, 1.54) is 0 Å². The van der Waals surface area contributed by atoms with Gasteiger partial charge in [0, 0.05) is 13.0 Å². The van der Waals surface area contributed by atoms with Gasteiger partial charge in [0.2, 0.25) is 5.91 Å². The summed E-state index contributed by atoms with van der Waals surface area (Å²) < 4.78 is 10.7. The van der Waals surface area contributed by atoms with Gasteiger partial charge in [-0.25, -0.2) is 0 Å². The second-order valence-corrected chi connectivity index (χ2v) is 6.56. The summed E-state index contributed by atoms with van der Waals surface area (Å²) in [6, 6.07) is 15.7. The van der Waals surface area contributed by atoms with Crippen LogP contribution in [0.25, 0.3) is 0 Å². The minimum Gasteiger partial charge on any atom is -0.496 e. The highest BCUT2D eigenvalue weighted by molar-refractivity contribution is 5.76. The second-order valence-electron chi connectivity index (χ2n) is 6.56. The number of hydrogen-bond donors (Lipinski definition) is 1. The number of hydrogen-bond acceptors (Lipinski definition) is 3. The van der Waals surface area contributed by atoms with Crippen LogP contribution in [0.1, 0.15) is 24.5 Å². The Bertz CT molecular complexity index is 762. The van der Waals surface area contributed by atoms with E-state index in [2.05, 4.69) is 18.2 Å². The summed E-state index contributed by atoms with van der Waals surface area (Å²) in [5.41, 5.74) is 2.28. The Morgan fingerprint density at radius 1 is 1.19 bits per heavy atom. The molecule has 2 aromatic rings. The molecule has 4 heteroatoms. The molecule has 4 nitrogen and oxygen atoms in total. The van der Waals surface area contributed by atoms with Crippen LogP contribution in [-0.2, 0) is 17.6 Å². The van der Waals surface area contributed by atoms with Gasteiger partial charge in [-0.2, -0.15) is 0 Å². The highest BCUT2D eigenvalue weighted by Crippen LogP contribution is 2.22. The standard InChI is InChI=1S/C23H27NO3/c1-4-15-27-21-11-9-19(10-12-21)13-14-24-23(25)17-18(2)16-20-7-5-6-8-22(20)26-3/h1,5-12,18H,13-17H2,2-3H3,(H,24,25). The molecule has 0 heterocycles. The first-order valence-electron chi connectivity index (χ1n) is 9.16. The zero-order chi connectivity index (χ0) is 19.5. The molecule has 0 aromatic heterocycles. The largest absolute Gasteiger partial charge is 0.496 e. The fourth-order valence-corrected chi connectivity index (χ4v) is 2.93. The van der Waals surface area contributed by atoms with Crippen LogP contribution in [0.5, 0.6) is 11.5 Å². The van der Waals surface area contributed by atoms with Crippen molar-refractivity contribution in [1.29, 1.82) is 0 Å². The van der Waals surface area contributed by atoms with Gasteiger partial charge in [0.25, 0.3) is 0 Å². The molecule has 0 saturated heterocycles. The summed E-state index contributed by atoms with van der Waals surface area (Å²) in [6.45, 7) is 2.97. The van der Waals surface area contributed by atoms with Crippen LogP contribution in [0.15, 0.2) is 48.5 Å². The first-order valence-corrected chi connectivity index (χ1v) is 9.16. The Kier molecular flexibility index (Phi) is 8.25. The van der Waals surface area contributed by atoms with Crippen LogP contribution >= 0.6 is 0 Å². The van der Waals surface area contributed by atoms with Crippen molar-refractivity contribution < 1.29 is 14.3 Å². The summed E-state index contributed by atoms with van der Waals surface area (Å²) in [5.74, 6) is 4.39. The molecule has 2 rings (SSSR count). The van der Waals surface area contributed by atoms with Gasteiger partial charge in [-0.05, 0) is 48.1 Å². The summed E-state index contributed by atoms with van der Waals surface area (Å²) in [6.07, 6.45) is 7.26. The monoisotopic (exact) mass is 365 g/mol. The van der Waals surface area contributed by atoms with Gasteiger partial charge in [0.05, 0.1) is 7.11 Å². The van der Waals surface area contributed by atoms with E-state index >= 15 is 0 Å². The first-order chi connectivity index (χ1) is 13.1. The van der Waals surface area contributed by atoms with Crippen molar-refractivity contribution in [2.45, 2.75) is 26.2 Å². The van der Waals surface area contributed by atoms with Gasteiger partial charge in [0.1, 0.15) is 18.1 Å². The van der Waals surface area contributed by atoms with Crippen molar-refractivity contribution in [3.63, 3.8) is 0 Å². The molecule has 0 bridgehead atoms. The zero-order valence-corrected chi connectivity index (χ0v) is 16.0. The lowest BCUT2D eigenvalue weighted by atomic mass is 9.97. The van der Waals surface area contributed by atoms with Gasteiger partial charge < -0.3 is 14.8 Å². The maximum Gasteiger partial charge on any atom is 0.220 e. The number of para-hydroxylation sites is 1. The number of carbonyl (C=O) groups is 1. The Hall–Kier alpha value is -2.93. The van der Waals surface area contributed by atoms with Crippen LogP contribution in [0, 0.1) is 18.3 Å². The average molecular weight is 365 g/mol. The van der Waals surface area contributed by atoms with Crippen LogP contribution < -0.4 is 14.8 Å². The lowest BCUT2D eigenvalue weighted by molar-refractivity contribution is -0.121. The molecular weight excluding hydrogens is 338 g/mol. The van der Waals surface area contributed by atoms with E-state index < -0.39 is 0 Å². The lowest BCUT2D eigenvalue weighted by Crippen LogP contribution is -2.27. The van der Waals surface area contributed by atoms with Crippen molar-refractivity contribution in [2.75, 3.05) is 20.3 Å². The van der Waals surface area contributed by atoms with E-state index in [1.807, 2.05) is 48.5 Å². The van der Waals surface area contributed by atoms with Crippen LogP contribution in [0.2, 0.25) is 0 Å². The Labute approximate surface area is 161 Å². The molecule has 1 atom stereocenters. The molecule has 2 aromatic carbocycles. The van der Waals surface area contributed by atoms with Crippen molar-refractivity contribution in [2.24, 2.45) is 5.92 Å². The molecular formula is C23H27NO3. The topological polar surface area (TPSA) is 47.6 Å². The number of carbonyl (C=O) groups excluding carboxylic acids is 1. The molecule has 0 fully saturated rings. The summed E-state index contributed by atoms with van der Waals surface area (Å²) >= 11 is 0. The van der Waals surface area contributed by atoms with Gasteiger partial charge in [-0.1, -0.05) is 43.2 Å². The lowest BCUT2D eigenvalue weighted by Gasteiger charge is -2.14. The van der Waals surface area contributed by atoms with Gasteiger partial charge in [0.15, 0.2) is 0 Å². The van der Waals surface area contributed by atoms with Crippen LogP contribution in [-0.4, -0.2) is 26.2 Å². The molecule has 142 valence electrons. The summed E-state index contributed by atoms with van der Waals surface area (Å²) in [7, 11) is 1.67. The van der Waals surface area contributed by atoms with E-state index in [0.29, 0.717) is 13.0 Å². The Morgan fingerprint density at radius 2 is 1.93 bits per heavy atom. The molecule has 0 aliphatic rings. The van der Waals surface area contributed by atoms with Crippen molar-refractivity contribution in [3.8, 4) is 23.8 Å². The minimum absolute atomic E-state index is 0.0753. The molecule has 1 unspecified atom stereocenters. The molecule has 27 heavy (non-hydrogen) atoms. The Balaban J connectivity index is 1.72. The molecule has 0 saturated carbocycles. The van der Waals surface area contributed by atoms with Gasteiger partial charge in [-0.3, -0.25) is 4.79 Å². The Morgan fingerprint density at radius 3 is 2.63 bits per heavy atom. The number of ether oxygens (including phenoxy) is 2. The van der Waals surface area contributed by atoms with E-state index in [9.17, 15) is 4.79 Å². The quantitative estimate of drug-likeness (QED) is 0.654. The fourth-order valence-electron chi connectivity index (χ4n) is 2.93. The smallest absolute Gasteiger partial charge is 0.220 e. The van der Waals surface area contributed by atoms with Crippen LogP contribution in [0.4, 0.5) is 0 Å². The predicted molar refractivity (Wildman–Crippen MR) is 108 cm³/mol. The summed E-state index contributed by atoms with van der Waals surface area (Å²) in [4.78, 5) is 12.2. The zero-order valence-electron chi connectivity index (χ0n) is 16.0. The highest BCUT2D eigenvalue weighted by Gasteiger charge is 2.12. The minimum atomic E-state index is 0.0753. The number of amides is 1. The van der Waals surface area contributed by atoms with Crippen molar-refractivity contribution in [1.82, 2.24) is 5.32 Å². The number of terminal acetylenes is 1. The molecule has 0 aliphatic heterocycles. The third kappa shape index (κ3) is 7.07. The molecule has 1 amide bonds. The number of methoxy groups -OCH3 is 1. The van der Waals surface area contributed by atoms with E-state index in [4.69, 9.17) is 15.9 Å². The predicted octanol–water partition coefficient (Wildman–Crippen LogP) is 3.63. The average Bonchev–Trinajstić information content (AvgIpc) is 2.67. The molecule has 0 radical (unpaired) electrons. The molecule has 0 aliphatic carbocycles. The number of rotatable bonds is 10. The maximum atomic E-state index is 12.2. The van der Waals surface area contributed by atoms with Crippen molar-refractivity contribution >= 4 is 5.91 Å². The number of nitrogens with one attached hydrogen (secondary N) is 1. The summed E-state index contributed by atoms with van der Waals surface area (Å²) in [5, 5.41) is 3.00. The second kappa shape index (κ2) is 10.9. The molecule has 0 spiro atoms. The first kappa shape index (κ1) is 20.4. The SMILES string of the molecule is C#CCOc1ccc(CCNC(=O)CC(C)Cc2ccccc2OC)cc1. The van der Waals surface area contributed by atoms with E-state index in [-0.39, 0.29) is 18.4 Å². The van der Waals surface area contributed by atoms with Crippen LogP contribution in [0.3, 0.4) is 0 Å². The third-order valence-corrected chi connectivity index (χ3v) is 4.28. The van der Waals surface area contributed by atoms with Gasteiger partial charge in [-0.15, -0.1) is 6.42 Å². The number of benzene rings is 2. The maximum absolute atomic E-state index is 12.2. The van der Waals surface area contributed by atoms with E-state index in [0.717, 1.165) is 35.5 Å². The highest BCUT2D eigenvalue weighted by atomic mass is 16.5. The third-order valence-electron chi connectivity index (χ3n) is 4.28. The normalized spacial score (nSPS) is 11.3.